The Morgan fingerprint density at radius 1 is 1.19 bits per heavy atom. The van der Waals surface area contributed by atoms with Crippen LogP contribution in [0, 0.1) is 6.92 Å². The molecule has 0 unspecified atom stereocenters. The summed E-state index contributed by atoms with van der Waals surface area (Å²) in [5.41, 5.74) is 0.970. The predicted molar refractivity (Wildman–Crippen MR) is 98.8 cm³/mol. The van der Waals surface area contributed by atoms with Gasteiger partial charge in [-0.15, -0.1) is 0 Å². The van der Waals surface area contributed by atoms with E-state index in [1.807, 2.05) is 6.92 Å². The molecule has 0 aliphatic heterocycles. The van der Waals surface area contributed by atoms with Crippen molar-refractivity contribution in [1.82, 2.24) is 13.9 Å². The van der Waals surface area contributed by atoms with Gasteiger partial charge in [0.05, 0.1) is 17.2 Å². The first-order valence-electron chi connectivity index (χ1n) is 8.72. The van der Waals surface area contributed by atoms with Crippen molar-refractivity contribution in [3.8, 4) is 0 Å². The summed E-state index contributed by atoms with van der Waals surface area (Å²) in [7, 11) is -3.80. The van der Waals surface area contributed by atoms with E-state index in [2.05, 4.69) is 9.97 Å². The number of carbonyl (C=O) groups is 1. The molecular weight excluding hydrogens is 366 g/mol. The van der Waals surface area contributed by atoms with E-state index >= 15 is 0 Å². The largest absolute Gasteiger partial charge is 0.465 e. The lowest BCUT2D eigenvalue weighted by atomic mass is 10.00. The molecule has 2 aromatic heterocycles. The number of nitrogens with zero attached hydrogens (tertiary/aromatic N) is 3. The maximum Gasteiger partial charge on any atom is 0.318 e. The van der Waals surface area contributed by atoms with E-state index in [-0.39, 0.29) is 23.1 Å². The third-order valence-electron chi connectivity index (χ3n) is 4.90. The standard InChI is InChI=1S/C19H19N3O4S/c1-3-26-18(23)19(9-10-19)16-15-8-11-22(17(15)21-12-20-16)27(24,25)14-6-4-13(2)5-7-14/h4-8,11-12H,3,9-10H2,1-2H3. The Hall–Kier alpha value is -2.74. The van der Waals surface area contributed by atoms with Crippen molar-refractivity contribution in [3.63, 3.8) is 0 Å². The maximum atomic E-state index is 13.0. The summed E-state index contributed by atoms with van der Waals surface area (Å²) in [5, 5.41) is 0.554. The van der Waals surface area contributed by atoms with E-state index in [1.165, 1.54) is 12.5 Å². The molecule has 27 heavy (non-hydrogen) atoms. The van der Waals surface area contributed by atoms with Crippen LogP contribution >= 0.6 is 0 Å². The van der Waals surface area contributed by atoms with E-state index in [1.54, 1.807) is 37.3 Å². The number of ether oxygens (including phenoxy) is 1. The van der Waals surface area contributed by atoms with Gasteiger partial charge < -0.3 is 4.74 Å². The highest BCUT2D eigenvalue weighted by atomic mass is 32.2. The van der Waals surface area contributed by atoms with E-state index < -0.39 is 15.4 Å². The van der Waals surface area contributed by atoms with E-state index in [0.29, 0.717) is 23.9 Å². The minimum absolute atomic E-state index is 0.178. The monoisotopic (exact) mass is 385 g/mol. The fourth-order valence-electron chi connectivity index (χ4n) is 3.26. The van der Waals surface area contributed by atoms with Crippen LogP contribution in [0.4, 0.5) is 0 Å². The summed E-state index contributed by atoms with van der Waals surface area (Å²) in [6, 6.07) is 8.28. The van der Waals surface area contributed by atoms with Crippen molar-refractivity contribution in [1.29, 1.82) is 0 Å². The fraction of sp³-hybridized carbons (Fsp3) is 0.316. The summed E-state index contributed by atoms with van der Waals surface area (Å²) in [4.78, 5) is 21.1. The number of esters is 1. The van der Waals surface area contributed by atoms with Crippen LogP contribution in [0.15, 0.2) is 47.8 Å². The molecule has 0 spiro atoms. The average Bonchev–Trinajstić information content (AvgIpc) is 3.34. The minimum atomic E-state index is -3.80. The van der Waals surface area contributed by atoms with Crippen molar-refractivity contribution in [2.45, 2.75) is 37.0 Å². The zero-order valence-electron chi connectivity index (χ0n) is 15.0. The van der Waals surface area contributed by atoms with Gasteiger partial charge in [0.2, 0.25) is 0 Å². The molecule has 4 rings (SSSR count). The van der Waals surface area contributed by atoms with Crippen molar-refractivity contribution in [2.75, 3.05) is 6.61 Å². The minimum Gasteiger partial charge on any atom is -0.465 e. The van der Waals surface area contributed by atoms with E-state index in [4.69, 9.17) is 4.74 Å². The first-order chi connectivity index (χ1) is 12.9. The molecule has 1 aromatic carbocycles. The molecule has 7 nitrogen and oxygen atoms in total. The third-order valence-corrected chi connectivity index (χ3v) is 6.58. The molecule has 8 heteroatoms. The van der Waals surface area contributed by atoms with Crippen molar-refractivity contribution in [2.24, 2.45) is 0 Å². The Morgan fingerprint density at radius 2 is 1.89 bits per heavy atom. The molecule has 0 amide bonds. The summed E-state index contributed by atoms with van der Waals surface area (Å²) in [5.74, 6) is -0.320. The van der Waals surface area contributed by atoms with Crippen LogP contribution in [0.5, 0.6) is 0 Å². The van der Waals surface area contributed by atoms with E-state index in [0.717, 1.165) is 9.54 Å². The topological polar surface area (TPSA) is 91.2 Å². The van der Waals surface area contributed by atoms with Gasteiger partial charge in [0, 0.05) is 11.6 Å². The summed E-state index contributed by atoms with van der Waals surface area (Å²) in [6.07, 6.45) is 4.03. The van der Waals surface area contributed by atoms with Gasteiger partial charge in [0.1, 0.15) is 11.7 Å². The van der Waals surface area contributed by atoms with Gasteiger partial charge in [-0.3, -0.25) is 4.79 Å². The average molecular weight is 385 g/mol. The zero-order chi connectivity index (χ0) is 19.2. The van der Waals surface area contributed by atoms with Crippen LogP contribution in [-0.2, 0) is 25.0 Å². The zero-order valence-corrected chi connectivity index (χ0v) is 15.9. The summed E-state index contributed by atoms with van der Waals surface area (Å²) >= 11 is 0. The van der Waals surface area contributed by atoms with Gasteiger partial charge in [-0.1, -0.05) is 17.7 Å². The SMILES string of the molecule is CCOC(=O)C1(c2ncnc3c2ccn3S(=O)(=O)c2ccc(C)cc2)CC1. The van der Waals surface area contributed by atoms with Gasteiger partial charge in [0.25, 0.3) is 10.0 Å². The smallest absolute Gasteiger partial charge is 0.318 e. The van der Waals surface area contributed by atoms with Crippen LogP contribution in [0.2, 0.25) is 0 Å². The second kappa shape index (κ2) is 6.16. The molecule has 140 valence electrons. The van der Waals surface area contributed by atoms with Crippen LogP contribution in [-0.4, -0.2) is 34.9 Å². The van der Waals surface area contributed by atoms with Crippen LogP contribution < -0.4 is 0 Å². The molecule has 2 heterocycles. The van der Waals surface area contributed by atoms with Crippen LogP contribution in [0.1, 0.15) is 31.0 Å². The van der Waals surface area contributed by atoms with Gasteiger partial charge in [-0.25, -0.2) is 22.4 Å². The Morgan fingerprint density at radius 3 is 2.52 bits per heavy atom. The second-order valence-corrected chi connectivity index (χ2v) is 8.51. The first kappa shape index (κ1) is 17.7. The molecule has 0 atom stereocenters. The highest BCUT2D eigenvalue weighted by molar-refractivity contribution is 7.90. The normalized spacial score (nSPS) is 15.6. The number of rotatable bonds is 5. The number of fused-ring (bicyclic) bond motifs is 1. The Labute approximate surface area is 157 Å². The quantitative estimate of drug-likeness (QED) is 0.627. The first-order valence-corrected chi connectivity index (χ1v) is 10.2. The molecule has 0 bridgehead atoms. The van der Waals surface area contributed by atoms with Gasteiger partial charge >= 0.3 is 5.97 Å². The number of hydrogen-bond acceptors (Lipinski definition) is 6. The molecule has 1 fully saturated rings. The number of benzene rings is 1. The molecule has 0 N–H and O–H groups in total. The molecule has 0 saturated heterocycles. The maximum absolute atomic E-state index is 13.0. The lowest BCUT2D eigenvalue weighted by molar-refractivity contribution is -0.146. The van der Waals surface area contributed by atoms with Crippen molar-refractivity contribution >= 4 is 27.0 Å². The highest BCUT2D eigenvalue weighted by Gasteiger charge is 2.55. The van der Waals surface area contributed by atoms with Crippen LogP contribution in [0.3, 0.4) is 0 Å². The van der Waals surface area contributed by atoms with Crippen LogP contribution in [0.25, 0.3) is 11.0 Å². The number of carbonyl (C=O) groups excluding carboxylic acids is 1. The van der Waals surface area contributed by atoms with Gasteiger partial charge in [-0.05, 0) is 44.9 Å². The number of aromatic nitrogens is 3. The summed E-state index contributed by atoms with van der Waals surface area (Å²) < 4.78 is 32.4. The predicted octanol–water partition coefficient (Wildman–Crippen LogP) is 2.57. The van der Waals surface area contributed by atoms with Crippen molar-refractivity contribution < 1.29 is 17.9 Å². The molecular formula is C19H19N3O4S. The fourth-order valence-corrected chi connectivity index (χ4v) is 4.56. The molecule has 1 saturated carbocycles. The Balaban J connectivity index is 1.84. The lowest BCUT2D eigenvalue weighted by Crippen LogP contribution is -2.25. The molecule has 1 aliphatic carbocycles. The molecule has 3 aromatic rings. The van der Waals surface area contributed by atoms with Gasteiger partial charge in [-0.2, -0.15) is 0 Å². The summed E-state index contributed by atoms with van der Waals surface area (Å²) in [6.45, 7) is 3.94. The molecule has 1 aliphatic rings. The van der Waals surface area contributed by atoms with Crippen molar-refractivity contribution in [3.05, 3.63) is 54.1 Å². The Bertz CT molecular complexity index is 1130. The van der Waals surface area contributed by atoms with E-state index in [9.17, 15) is 13.2 Å². The lowest BCUT2D eigenvalue weighted by Gasteiger charge is -2.14. The highest BCUT2D eigenvalue weighted by Crippen LogP contribution is 2.50. The van der Waals surface area contributed by atoms with Gasteiger partial charge in [0.15, 0.2) is 5.65 Å². The second-order valence-electron chi connectivity index (χ2n) is 6.69. The molecule has 0 radical (unpaired) electrons. The number of aryl methyl sites for hydroxylation is 1. The third kappa shape index (κ3) is 2.71. The Kier molecular flexibility index (Phi) is 4.03. The number of hydrogen-bond donors (Lipinski definition) is 0.